The second kappa shape index (κ2) is 6.94. The molecule has 1 fully saturated rings. The molecule has 2 heterocycles. The number of likely N-dealkylation sites (tertiary alicyclic amines) is 1. The Bertz CT molecular complexity index is 705. The summed E-state index contributed by atoms with van der Waals surface area (Å²) < 4.78 is 22.5. The Hall–Kier alpha value is -1.87. The standard InChI is InChI=1S/C15H24N4O4S/c1-15(2)9-11(10-19(15)14(20)21)4-3-6-17-12-5-7-18-13(8-12)24(16,22)23/h5,7-8,11H,3-4,6,9-10H2,1-2H3,(H,17,18)(H,20,21)(H2,16,22,23)/t11-/m0/s1. The van der Waals surface area contributed by atoms with Crippen molar-refractivity contribution in [1.29, 1.82) is 0 Å². The van der Waals surface area contributed by atoms with Crippen LogP contribution >= 0.6 is 0 Å². The highest BCUT2D eigenvalue weighted by molar-refractivity contribution is 7.89. The first-order valence-electron chi connectivity index (χ1n) is 7.83. The molecule has 8 nitrogen and oxygen atoms in total. The molecule has 0 bridgehead atoms. The highest BCUT2D eigenvalue weighted by Gasteiger charge is 2.40. The van der Waals surface area contributed by atoms with Gasteiger partial charge in [-0.3, -0.25) is 0 Å². The molecule has 4 N–H and O–H groups in total. The van der Waals surface area contributed by atoms with E-state index < -0.39 is 16.1 Å². The predicted octanol–water partition coefficient (Wildman–Crippen LogP) is 1.70. The van der Waals surface area contributed by atoms with Crippen LogP contribution in [0.5, 0.6) is 0 Å². The Kier molecular flexibility index (Phi) is 5.34. The van der Waals surface area contributed by atoms with Gasteiger partial charge in [0, 0.05) is 36.6 Å². The van der Waals surface area contributed by atoms with E-state index in [1.54, 1.807) is 6.07 Å². The van der Waals surface area contributed by atoms with E-state index in [1.165, 1.54) is 17.2 Å². The molecule has 0 unspecified atom stereocenters. The minimum Gasteiger partial charge on any atom is -0.465 e. The van der Waals surface area contributed by atoms with Crippen LogP contribution in [-0.2, 0) is 10.0 Å². The minimum atomic E-state index is -3.81. The third kappa shape index (κ3) is 4.57. The van der Waals surface area contributed by atoms with Crippen LogP contribution in [0.25, 0.3) is 0 Å². The van der Waals surface area contributed by atoms with Crippen molar-refractivity contribution in [3.63, 3.8) is 0 Å². The number of amides is 1. The van der Waals surface area contributed by atoms with Gasteiger partial charge in [-0.1, -0.05) is 0 Å². The molecule has 0 saturated carbocycles. The number of nitrogens with two attached hydrogens (primary N) is 1. The van der Waals surface area contributed by atoms with Crippen molar-refractivity contribution in [2.75, 3.05) is 18.4 Å². The first-order chi connectivity index (χ1) is 11.1. The molecule has 1 aromatic rings. The largest absolute Gasteiger partial charge is 0.465 e. The van der Waals surface area contributed by atoms with E-state index in [0.29, 0.717) is 24.7 Å². The molecule has 1 aromatic heterocycles. The molecule has 1 amide bonds. The monoisotopic (exact) mass is 356 g/mol. The van der Waals surface area contributed by atoms with E-state index in [0.717, 1.165) is 19.3 Å². The van der Waals surface area contributed by atoms with Crippen LogP contribution in [0.15, 0.2) is 23.4 Å². The lowest BCUT2D eigenvalue weighted by Gasteiger charge is -2.28. The lowest BCUT2D eigenvalue weighted by Crippen LogP contribution is -2.41. The van der Waals surface area contributed by atoms with Crippen molar-refractivity contribution >= 4 is 21.8 Å². The zero-order valence-corrected chi connectivity index (χ0v) is 14.7. The van der Waals surface area contributed by atoms with Gasteiger partial charge >= 0.3 is 6.09 Å². The number of aromatic nitrogens is 1. The maximum Gasteiger partial charge on any atom is 0.407 e. The van der Waals surface area contributed by atoms with Crippen LogP contribution in [0, 0.1) is 5.92 Å². The van der Waals surface area contributed by atoms with Crippen LogP contribution in [0.2, 0.25) is 0 Å². The molecular formula is C15H24N4O4S. The van der Waals surface area contributed by atoms with Crippen LogP contribution in [0.1, 0.15) is 33.1 Å². The minimum absolute atomic E-state index is 0.165. The predicted molar refractivity (Wildman–Crippen MR) is 90.3 cm³/mol. The fourth-order valence-corrected chi connectivity index (χ4v) is 3.71. The topological polar surface area (TPSA) is 126 Å². The Balaban J connectivity index is 1.81. The third-order valence-corrected chi connectivity index (χ3v) is 5.14. The molecule has 134 valence electrons. The van der Waals surface area contributed by atoms with Gasteiger partial charge in [-0.25, -0.2) is 23.3 Å². The zero-order valence-electron chi connectivity index (χ0n) is 13.9. The summed E-state index contributed by atoms with van der Waals surface area (Å²) in [5, 5.41) is 17.3. The maximum absolute atomic E-state index is 11.3. The fourth-order valence-electron chi connectivity index (χ4n) is 3.22. The maximum atomic E-state index is 11.3. The third-order valence-electron chi connectivity index (χ3n) is 4.34. The number of hydrogen-bond donors (Lipinski definition) is 3. The molecule has 0 aromatic carbocycles. The first-order valence-corrected chi connectivity index (χ1v) is 9.37. The van der Waals surface area contributed by atoms with Gasteiger partial charge in [0.1, 0.15) is 0 Å². The number of rotatable bonds is 6. The normalized spacial score (nSPS) is 20.1. The van der Waals surface area contributed by atoms with Gasteiger partial charge in [0.2, 0.25) is 0 Å². The SMILES string of the molecule is CC1(C)C[C@H](CCCNc2ccnc(S(N)(=O)=O)c2)CN1C(=O)O. The molecular weight excluding hydrogens is 332 g/mol. The van der Waals surface area contributed by atoms with E-state index in [1.807, 2.05) is 13.8 Å². The molecule has 1 aliphatic rings. The van der Waals surface area contributed by atoms with Crippen molar-refractivity contribution in [3.8, 4) is 0 Å². The molecule has 1 aliphatic heterocycles. The number of hydrogen-bond acceptors (Lipinski definition) is 5. The second-order valence-electron chi connectivity index (χ2n) is 6.77. The van der Waals surface area contributed by atoms with Crippen molar-refractivity contribution in [2.45, 2.75) is 43.7 Å². The molecule has 0 spiro atoms. The van der Waals surface area contributed by atoms with E-state index >= 15 is 0 Å². The number of nitrogens with one attached hydrogen (secondary N) is 1. The quantitative estimate of drug-likeness (QED) is 0.666. The lowest BCUT2D eigenvalue weighted by molar-refractivity contribution is 0.117. The van der Waals surface area contributed by atoms with Crippen LogP contribution in [0.4, 0.5) is 10.5 Å². The lowest BCUT2D eigenvalue weighted by atomic mass is 9.93. The molecule has 0 radical (unpaired) electrons. The van der Waals surface area contributed by atoms with Crippen LogP contribution in [0.3, 0.4) is 0 Å². The van der Waals surface area contributed by atoms with Gasteiger partial charge in [0.15, 0.2) is 5.03 Å². The number of nitrogens with zero attached hydrogens (tertiary/aromatic N) is 2. The van der Waals surface area contributed by atoms with Gasteiger partial charge in [0.05, 0.1) is 0 Å². The molecule has 9 heteroatoms. The van der Waals surface area contributed by atoms with Crippen molar-refractivity contribution in [3.05, 3.63) is 18.3 Å². The Labute approximate surface area is 142 Å². The van der Waals surface area contributed by atoms with Gasteiger partial charge in [-0.15, -0.1) is 0 Å². The van der Waals surface area contributed by atoms with Crippen molar-refractivity contribution < 1.29 is 18.3 Å². The first kappa shape index (κ1) is 18.5. The summed E-state index contributed by atoms with van der Waals surface area (Å²) in [6.07, 6.45) is 3.15. The number of anilines is 1. The summed E-state index contributed by atoms with van der Waals surface area (Å²) in [5.41, 5.74) is 0.326. The van der Waals surface area contributed by atoms with Gasteiger partial charge in [0.25, 0.3) is 10.0 Å². The molecule has 0 aliphatic carbocycles. The van der Waals surface area contributed by atoms with E-state index in [2.05, 4.69) is 10.3 Å². The van der Waals surface area contributed by atoms with E-state index in [4.69, 9.17) is 5.14 Å². The van der Waals surface area contributed by atoms with E-state index in [9.17, 15) is 18.3 Å². The summed E-state index contributed by atoms with van der Waals surface area (Å²) in [4.78, 5) is 16.5. The van der Waals surface area contributed by atoms with Crippen molar-refractivity contribution in [2.24, 2.45) is 11.1 Å². The number of carboxylic acid groups (broad SMARTS) is 1. The smallest absolute Gasteiger partial charge is 0.407 e. The van der Waals surface area contributed by atoms with Crippen LogP contribution < -0.4 is 10.5 Å². The highest BCUT2D eigenvalue weighted by atomic mass is 32.2. The summed E-state index contributed by atoms with van der Waals surface area (Å²) in [7, 11) is -3.81. The number of sulfonamides is 1. The molecule has 1 atom stereocenters. The van der Waals surface area contributed by atoms with Crippen molar-refractivity contribution in [1.82, 2.24) is 9.88 Å². The Morgan fingerprint density at radius 1 is 1.54 bits per heavy atom. The molecule has 2 rings (SSSR count). The second-order valence-corrected chi connectivity index (χ2v) is 8.28. The average molecular weight is 356 g/mol. The number of pyridine rings is 1. The van der Waals surface area contributed by atoms with Gasteiger partial charge in [-0.2, -0.15) is 0 Å². The Morgan fingerprint density at radius 2 is 2.25 bits per heavy atom. The number of primary sulfonamides is 1. The number of carbonyl (C=O) groups is 1. The van der Waals surface area contributed by atoms with E-state index in [-0.39, 0.29) is 10.6 Å². The summed E-state index contributed by atoms with van der Waals surface area (Å²) >= 11 is 0. The van der Waals surface area contributed by atoms with Gasteiger partial charge in [-0.05, 0) is 45.1 Å². The van der Waals surface area contributed by atoms with Crippen LogP contribution in [-0.4, -0.2) is 48.1 Å². The molecule has 1 saturated heterocycles. The fraction of sp³-hybridized carbons (Fsp3) is 0.600. The van der Waals surface area contributed by atoms with Gasteiger partial charge < -0.3 is 15.3 Å². The summed E-state index contributed by atoms with van der Waals surface area (Å²) in [6.45, 7) is 5.13. The summed E-state index contributed by atoms with van der Waals surface area (Å²) in [5.74, 6) is 0.343. The average Bonchev–Trinajstić information content (AvgIpc) is 2.78. The summed E-state index contributed by atoms with van der Waals surface area (Å²) in [6, 6.07) is 3.08. The zero-order chi connectivity index (χ0) is 18.0. The highest BCUT2D eigenvalue weighted by Crippen LogP contribution is 2.34. The molecule has 24 heavy (non-hydrogen) atoms. The Morgan fingerprint density at radius 3 is 2.83 bits per heavy atom.